The van der Waals surface area contributed by atoms with Crippen LogP contribution in [0.15, 0.2) is 18.3 Å². The number of urea groups is 1. The van der Waals surface area contributed by atoms with E-state index in [1.165, 1.54) is 0 Å². The van der Waals surface area contributed by atoms with Gasteiger partial charge in [-0.3, -0.25) is 4.79 Å². The molecule has 0 radical (unpaired) electrons. The summed E-state index contributed by atoms with van der Waals surface area (Å²) in [4.78, 5) is 33.2. The van der Waals surface area contributed by atoms with E-state index in [-0.39, 0.29) is 36.7 Å². The quantitative estimate of drug-likeness (QED) is 0.822. The van der Waals surface area contributed by atoms with Gasteiger partial charge in [0.15, 0.2) is 0 Å². The van der Waals surface area contributed by atoms with Crippen molar-refractivity contribution in [2.45, 2.75) is 24.9 Å². The molecule has 4 rings (SSSR count). The Balaban J connectivity index is 1.28. The van der Waals surface area contributed by atoms with Gasteiger partial charge in [0.05, 0.1) is 11.8 Å². The van der Waals surface area contributed by atoms with E-state index in [0.29, 0.717) is 45.0 Å². The van der Waals surface area contributed by atoms with E-state index in [1.807, 2.05) is 6.07 Å². The number of carbonyl (C=O) groups excluding carboxylic acids is 2. The molecule has 4 heterocycles. The number of alkyl halides is 3. The van der Waals surface area contributed by atoms with E-state index in [1.54, 1.807) is 27.0 Å². The topological polar surface area (TPSA) is 82.8 Å². The van der Waals surface area contributed by atoms with Crippen molar-refractivity contribution >= 4 is 17.8 Å². The number of primary amides is 1. The van der Waals surface area contributed by atoms with Crippen molar-refractivity contribution < 1.29 is 22.8 Å². The van der Waals surface area contributed by atoms with Crippen molar-refractivity contribution in [1.82, 2.24) is 14.8 Å². The molecule has 0 unspecified atom stereocenters. The summed E-state index contributed by atoms with van der Waals surface area (Å²) < 4.78 is 38.5. The maximum atomic E-state index is 12.8. The largest absolute Gasteiger partial charge is 0.393 e. The lowest BCUT2D eigenvalue weighted by atomic mass is 9.93. The number of hydrogen-bond donors (Lipinski definition) is 1. The number of halogens is 3. The monoisotopic (exact) mass is 411 g/mol. The minimum Gasteiger partial charge on any atom is -0.369 e. The van der Waals surface area contributed by atoms with Crippen LogP contribution in [0, 0.1) is 11.8 Å². The third-order valence-electron chi connectivity index (χ3n) is 6.23. The molecule has 2 N–H and O–H groups in total. The summed E-state index contributed by atoms with van der Waals surface area (Å²) in [6.07, 6.45) is -1.76. The van der Waals surface area contributed by atoms with E-state index in [0.717, 1.165) is 5.56 Å². The Kier molecular flexibility index (Phi) is 5.04. The van der Waals surface area contributed by atoms with Crippen LogP contribution < -0.4 is 10.6 Å². The van der Waals surface area contributed by atoms with Crippen molar-refractivity contribution in [3.63, 3.8) is 0 Å². The number of rotatable bonds is 3. The highest BCUT2D eigenvalue weighted by Crippen LogP contribution is 2.35. The van der Waals surface area contributed by atoms with Gasteiger partial charge in [-0.2, -0.15) is 13.2 Å². The van der Waals surface area contributed by atoms with Crippen LogP contribution in [0.1, 0.15) is 24.3 Å². The molecular weight excluding hydrogens is 387 g/mol. The lowest BCUT2D eigenvalue weighted by Gasteiger charge is -2.41. The number of likely N-dealkylation sites (tertiary alicyclic amines) is 2. The predicted molar refractivity (Wildman–Crippen MR) is 99.2 cm³/mol. The molecule has 158 valence electrons. The summed E-state index contributed by atoms with van der Waals surface area (Å²) in [7, 11) is 0. The fourth-order valence-electron chi connectivity index (χ4n) is 4.27. The molecule has 10 heteroatoms. The van der Waals surface area contributed by atoms with E-state index in [4.69, 9.17) is 5.73 Å². The molecule has 3 aliphatic heterocycles. The maximum absolute atomic E-state index is 12.8. The second kappa shape index (κ2) is 7.38. The molecule has 0 aromatic carbocycles. The number of amides is 3. The molecule has 7 nitrogen and oxygen atoms in total. The summed E-state index contributed by atoms with van der Waals surface area (Å²) in [5.74, 6) is -1.21. The van der Waals surface area contributed by atoms with E-state index >= 15 is 0 Å². The average molecular weight is 411 g/mol. The molecule has 3 amide bonds. The molecule has 0 aliphatic carbocycles. The highest BCUT2D eigenvalue weighted by atomic mass is 19.4. The molecule has 3 aliphatic rings. The van der Waals surface area contributed by atoms with Gasteiger partial charge >= 0.3 is 12.2 Å². The molecule has 1 aromatic rings. The Morgan fingerprint density at radius 1 is 1.03 bits per heavy atom. The van der Waals surface area contributed by atoms with Crippen LogP contribution in [0.3, 0.4) is 0 Å². The Morgan fingerprint density at radius 2 is 1.79 bits per heavy atom. The molecule has 0 bridgehead atoms. The zero-order valence-corrected chi connectivity index (χ0v) is 15.9. The van der Waals surface area contributed by atoms with Crippen molar-refractivity contribution in [2.24, 2.45) is 17.6 Å². The lowest BCUT2D eigenvalue weighted by molar-refractivity contribution is -0.168. The number of nitrogens with two attached hydrogens (primary N) is 1. The van der Waals surface area contributed by atoms with Crippen LogP contribution >= 0.6 is 0 Å². The smallest absolute Gasteiger partial charge is 0.369 e. The molecule has 1 aromatic heterocycles. The van der Waals surface area contributed by atoms with Gasteiger partial charge in [-0.25, -0.2) is 9.78 Å². The van der Waals surface area contributed by atoms with Gasteiger partial charge < -0.3 is 20.4 Å². The van der Waals surface area contributed by atoms with Gasteiger partial charge in [0.1, 0.15) is 5.82 Å². The fraction of sp³-hybridized carbons (Fsp3) is 0.632. The zero-order chi connectivity index (χ0) is 20.8. The number of nitrogens with zero attached hydrogens (tertiary/aromatic N) is 4. The summed E-state index contributed by atoms with van der Waals surface area (Å²) in [6.45, 7) is 2.35. The number of carbonyl (C=O) groups is 2. The Labute approximate surface area is 166 Å². The van der Waals surface area contributed by atoms with Gasteiger partial charge in [0, 0.05) is 51.4 Å². The second-order valence-electron chi connectivity index (χ2n) is 8.14. The SMILES string of the molecule is NC(=O)[C@H]1CCN(C(=O)N2CC(c3ccc(N4CC[C@H](C(F)(F)F)C4)nc3)C2)C1. The second-order valence-corrected chi connectivity index (χ2v) is 8.14. The number of anilines is 1. The van der Waals surface area contributed by atoms with E-state index < -0.39 is 12.1 Å². The lowest BCUT2D eigenvalue weighted by Crippen LogP contribution is -2.53. The fourth-order valence-corrected chi connectivity index (χ4v) is 4.27. The first-order valence-electron chi connectivity index (χ1n) is 9.83. The minimum atomic E-state index is -4.16. The first-order valence-corrected chi connectivity index (χ1v) is 9.83. The van der Waals surface area contributed by atoms with Crippen LogP contribution in [-0.2, 0) is 4.79 Å². The number of aromatic nitrogens is 1. The molecule has 2 atom stereocenters. The van der Waals surface area contributed by atoms with Crippen LogP contribution in [0.4, 0.5) is 23.8 Å². The van der Waals surface area contributed by atoms with Crippen molar-refractivity contribution in [1.29, 1.82) is 0 Å². The van der Waals surface area contributed by atoms with Crippen molar-refractivity contribution in [3.8, 4) is 0 Å². The molecule has 29 heavy (non-hydrogen) atoms. The Morgan fingerprint density at radius 3 is 2.34 bits per heavy atom. The predicted octanol–water partition coefficient (Wildman–Crippen LogP) is 1.80. The Bertz CT molecular complexity index is 779. The minimum absolute atomic E-state index is 0.0519. The van der Waals surface area contributed by atoms with Gasteiger partial charge in [-0.15, -0.1) is 0 Å². The van der Waals surface area contributed by atoms with Gasteiger partial charge in [0.2, 0.25) is 5.91 Å². The van der Waals surface area contributed by atoms with Gasteiger partial charge in [-0.1, -0.05) is 6.07 Å². The molecule has 0 saturated carbocycles. The van der Waals surface area contributed by atoms with Crippen LogP contribution in [0.5, 0.6) is 0 Å². The normalized spacial score (nSPS) is 25.4. The first kappa shape index (κ1) is 19.8. The van der Waals surface area contributed by atoms with E-state index in [9.17, 15) is 22.8 Å². The van der Waals surface area contributed by atoms with Crippen LogP contribution in [0.25, 0.3) is 0 Å². The number of hydrogen-bond acceptors (Lipinski definition) is 4. The third-order valence-corrected chi connectivity index (χ3v) is 6.23. The molecule has 0 spiro atoms. The Hall–Kier alpha value is -2.52. The summed E-state index contributed by atoms with van der Waals surface area (Å²) >= 11 is 0. The van der Waals surface area contributed by atoms with E-state index in [2.05, 4.69) is 4.98 Å². The number of pyridine rings is 1. The summed E-state index contributed by atoms with van der Waals surface area (Å²) in [5, 5.41) is 0. The van der Waals surface area contributed by atoms with Crippen LogP contribution in [0.2, 0.25) is 0 Å². The van der Waals surface area contributed by atoms with Crippen molar-refractivity contribution in [2.75, 3.05) is 44.2 Å². The molecule has 3 fully saturated rings. The highest BCUT2D eigenvalue weighted by molar-refractivity contribution is 5.80. The highest BCUT2D eigenvalue weighted by Gasteiger charge is 2.44. The standard InChI is InChI=1S/C19H24F3N5O2/c20-19(21,22)15-4-6-25(11-15)16-2-1-12(7-24-16)14-9-27(10-14)18(29)26-5-3-13(8-26)17(23)28/h1-2,7,13-15H,3-6,8-11H2,(H2,23,28)/t13-,15-/m0/s1. The summed E-state index contributed by atoms with van der Waals surface area (Å²) in [6, 6.07) is 3.57. The average Bonchev–Trinajstić information content (AvgIpc) is 3.30. The molecular formula is C19H24F3N5O2. The zero-order valence-electron chi connectivity index (χ0n) is 15.9. The third kappa shape index (κ3) is 3.97. The maximum Gasteiger partial charge on any atom is 0.393 e. The summed E-state index contributed by atoms with van der Waals surface area (Å²) in [5.41, 5.74) is 6.28. The van der Waals surface area contributed by atoms with Crippen molar-refractivity contribution in [3.05, 3.63) is 23.9 Å². The molecule has 3 saturated heterocycles. The van der Waals surface area contributed by atoms with Gasteiger partial charge in [-0.05, 0) is 24.5 Å². The van der Waals surface area contributed by atoms with Crippen LogP contribution in [-0.4, -0.2) is 72.2 Å². The first-order chi connectivity index (χ1) is 13.7. The van der Waals surface area contributed by atoms with Gasteiger partial charge in [0.25, 0.3) is 0 Å².